The molecule has 0 fully saturated rings. The largest absolute Gasteiger partial charge is 0.465 e. The van der Waals surface area contributed by atoms with E-state index in [1.807, 2.05) is 12.1 Å². The van der Waals surface area contributed by atoms with Crippen LogP contribution in [0.2, 0.25) is 0 Å². The minimum absolute atomic E-state index is 0.0883. The lowest BCUT2D eigenvalue weighted by molar-refractivity contribution is -0.132. The Labute approximate surface area is 155 Å². The molecular weight excluding hydrogens is 332 g/mol. The molecule has 144 valence electrons. The number of amides is 1. The summed E-state index contributed by atoms with van der Waals surface area (Å²) < 4.78 is 4.67. The SMILES string of the molecule is CCCCCC(=O)CCNN(CCc1ccc(C(=O)OC)cc1)C(C)=O. The molecule has 0 bridgehead atoms. The standard InChI is InChI=1S/C20H30N2O4/c1-4-5-6-7-19(24)12-14-21-22(16(2)23)15-13-17-8-10-18(11-9-17)20(25)26-3/h8-11,21H,4-7,12-15H2,1-3H3. The van der Waals surface area contributed by atoms with Gasteiger partial charge < -0.3 is 4.74 Å². The predicted molar refractivity (Wildman–Crippen MR) is 101 cm³/mol. The molecule has 26 heavy (non-hydrogen) atoms. The average Bonchev–Trinajstić information content (AvgIpc) is 2.64. The fraction of sp³-hybridized carbons (Fsp3) is 0.550. The molecule has 0 radical (unpaired) electrons. The van der Waals surface area contributed by atoms with Gasteiger partial charge in [-0.3, -0.25) is 14.6 Å². The third-order valence-corrected chi connectivity index (χ3v) is 4.14. The molecule has 1 rings (SSSR count). The van der Waals surface area contributed by atoms with Crippen LogP contribution in [-0.4, -0.2) is 42.9 Å². The second kappa shape index (κ2) is 12.2. The molecule has 0 saturated heterocycles. The van der Waals surface area contributed by atoms with Crippen molar-refractivity contribution in [3.63, 3.8) is 0 Å². The molecule has 1 N–H and O–H groups in total. The van der Waals surface area contributed by atoms with E-state index in [9.17, 15) is 14.4 Å². The second-order valence-electron chi connectivity index (χ2n) is 6.26. The van der Waals surface area contributed by atoms with Crippen molar-refractivity contribution >= 4 is 17.7 Å². The molecule has 0 unspecified atom stereocenters. The lowest BCUT2D eigenvalue weighted by Crippen LogP contribution is -2.43. The first-order chi connectivity index (χ1) is 12.5. The maximum Gasteiger partial charge on any atom is 0.337 e. The highest BCUT2D eigenvalue weighted by Crippen LogP contribution is 2.07. The summed E-state index contributed by atoms with van der Waals surface area (Å²) in [7, 11) is 1.35. The fourth-order valence-electron chi connectivity index (χ4n) is 2.54. The van der Waals surface area contributed by atoms with Crippen LogP contribution in [0.3, 0.4) is 0 Å². The van der Waals surface area contributed by atoms with Crippen LogP contribution in [0.4, 0.5) is 0 Å². The van der Waals surface area contributed by atoms with Gasteiger partial charge in [0.05, 0.1) is 12.7 Å². The van der Waals surface area contributed by atoms with Crippen molar-refractivity contribution in [2.24, 2.45) is 0 Å². The van der Waals surface area contributed by atoms with Crippen LogP contribution in [0.1, 0.15) is 61.9 Å². The van der Waals surface area contributed by atoms with Gasteiger partial charge in [0.15, 0.2) is 0 Å². The van der Waals surface area contributed by atoms with Crippen LogP contribution in [0.5, 0.6) is 0 Å². The number of carbonyl (C=O) groups excluding carboxylic acids is 3. The van der Waals surface area contributed by atoms with E-state index in [2.05, 4.69) is 17.1 Å². The number of nitrogens with one attached hydrogen (secondary N) is 1. The molecule has 0 spiro atoms. The summed E-state index contributed by atoms with van der Waals surface area (Å²) in [5, 5.41) is 1.54. The van der Waals surface area contributed by atoms with E-state index < -0.39 is 0 Å². The molecule has 6 heteroatoms. The first kappa shape index (κ1) is 21.8. The highest BCUT2D eigenvalue weighted by Gasteiger charge is 2.10. The van der Waals surface area contributed by atoms with Gasteiger partial charge in [0.1, 0.15) is 5.78 Å². The van der Waals surface area contributed by atoms with E-state index in [0.29, 0.717) is 37.9 Å². The van der Waals surface area contributed by atoms with Crippen LogP contribution in [0.25, 0.3) is 0 Å². The van der Waals surface area contributed by atoms with Crippen LogP contribution in [0, 0.1) is 0 Å². The third-order valence-electron chi connectivity index (χ3n) is 4.14. The fourth-order valence-corrected chi connectivity index (χ4v) is 2.54. The highest BCUT2D eigenvalue weighted by atomic mass is 16.5. The molecule has 0 aromatic heterocycles. The van der Waals surface area contributed by atoms with Crippen molar-refractivity contribution in [2.45, 2.75) is 52.4 Å². The summed E-state index contributed by atoms with van der Waals surface area (Å²) in [5.74, 6) is -0.227. The number of ketones is 1. The van der Waals surface area contributed by atoms with Crippen molar-refractivity contribution in [1.82, 2.24) is 10.4 Å². The molecule has 0 saturated carbocycles. The number of ether oxygens (including phenoxy) is 1. The molecule has 1 amide bonds. The maximum absolute atomic E-state index is 11.8. The van der Waals surface area contributed by atoms with Gasteiger partial charge in [0.2, 0.25) is 5.91 Å². The average molecular weight is 362 g/mol. The Morgan fingerprint density at radius 2 is 1.77 bits per heavy atom. The number of benzene rings is 1. The number of carbonyl (C=O) groups is 3. The van der Waals surface area contributed by atoms with E-state index in [4.69, 9.17) is 0 Å². The minimum Gasteiger partial charge on any atom is -0.465 e. The van der Waals surface area contributed by atoms with E-state index >= 15 is 0 Å². The monoisotopic (exact) mass is 362 g/mol. The van der Waals surface area contributed by atoms with Crippen molar-refractivity contribution < 1.29 is 19.1 Å². The summed E-state index contributed by atoms with van der Waals surface area (Å²) in [5.41, 5.74) is 4.55. The number of hydrogen-bond acceptors (Lipinski definition) is 5. The lowest BCUT2D eigenvalue weighted by atomic mass is 10.1. The van der Waals surface area contributed by atoms with Gasteiger partial charge in [-0.05, 0) is 30.5 Å². The van der Waals surface area contributed by atoms with Gasteiger partial charge in [-0.25, -0.2) is 10.2 Å². The van der Waals surface area contributed by atoms with Gasteiger partial charge in [-0.15, -0.1) is 0 Å². The number of hydrazine groups is 1. The number of Topliss-reactive ketones (excluding diaryl/α,β-unsaturated/α-hetero) is 1. The Kier molecular flexibility index (Phi) is 10.2. The topological polar surface area (TPSA) is 75.7 Å². The number of methoxy groups -OCH3 is 1. The van der Waals surface area contributed by atoms with Crippen molar-refractivity contribution in [2.75, 3.05) is 20.2 Å². The zero-order valence-electron chi connectivity index (χ0n) is 16.0. The Hall–Kier alpha value is -2.21. The van der Waals surface area contributed by atoms with E-state index in [1.54, 1.807) is 12.1 Å². The van der Waals surface area contributed by atoms with E-state index in [0.717, 1.165) is 24.8 Å². The lowest BCUT2D eigenvalue weighted by Gasteiger charge is -2.22. The summed E-state index contributed by atoms with van der Waals surface area (Å²) >= 11 is 0. The maximum atomic E-state index is 11.8. The molecule has 0 atom stereocenters. The summed E-state index contributed by atoms with van der Waals surface area (Å²) in [4.78, 5) is 35.0. The molecule has 0 aliphatic heterocycles. The van der Waals surface area contributed by atoms with Gasteiger partial charge in [-0.2, -0.15) is 0 Å². The third kappa shape index (κ3) is 8.25. The summed E-state index contributed by atoms with van der Waals surface area (Å²) in [6, 6.07) is 7.12. The van der Waals surface area contributed by atoms with E-state index in [1.165, 1.54) is 19.0 Å². The molecule has 1 aromatic carbocycles. The first-order valence-corrected chi connectivity index (χ1v) is 9.18. The van der Waals surface area contributed by atoms with Crippen molar-refractivity contribution in [3.8, 4) is 0 Å². The zero-order valence-corrected chi connectivity index (χ0v) is 16.0. The van der Waals surface area contributed by atoms with Crippen LogP contribution >= 0.6 is 0 Å². The Balaban J connectivity index is 2.40. The first-order valence-electron chi connectivity index (χ1n) is 9.18. The molecule has 1 aromatic rings. The summed E-state index contributed by atoms with van der Waals surface area (Å²) in [6.07, 6.45) is 4.81. The number of esters is 1. The molecule has 0 aliphatic rings. The van der Waals surface area contributed by atoms with Crippen LogP contribution < -0.4 is 5.43 Å². The molecule has 0 aliphatic carbocycles. The van der Waals surface area contributed by atoms with Gasteiger partial charge >= 0.3 is 5.97 Å². The Morgan fingerprint density at radius 3 is 2.35 bits per heavy atom. The van der Waals surface area contributed by atoms with Crippen LogP contribution in [0.15, 0.2) is 24.3 Å². The Bertz CT molecular complexity index is 584. The predicted octanol–water partition coefficient (Wildman–Crippen LogP) is 2.91. The quantitative estimate of drug-likeness (QED) is 0.351. The van der Waals surface area contributed by atoms with E-state index in [-0.39, 0.29) is 17.7 Å². The van der Waals surface area contributed by atoms with Crippen molar-refractivity contribution in [1.29, 1.82) is 0 Å². The number of rotatable bonds is 12. The molecular formula is C20H30N2O4. The second-order valence-corrected chi connectivity index (χ2v) is 6.26. The van der Waals surface area contributed by atoms with Crippen LogP contribution in [-0.2, 0) is 20.7 Å². The van der Waals surface area contributed by atoms with Gasteiger partial charge in [0.25, 0.3) is 0 Å². The Morgan fingerprint density at radius 1 is 1.08 bits per heavy atom. The zero-order chi connectivity index (χ0) is 19.4. The minimum atomic E-state index is -0.368. The number of hydrogen-bond donors (Lipinski definition) is 1. The summed E-state index contributed by atoms with van der Waals surface area (Å²) in [6.45, 7) is 4.57. The van der Waals surface area contributed by atoms with Gasteiger partial charge in [0, 0.05) is 32.9 Å². The van der Waals surface area contributed by atoms with Gasteiger partial charge in [-0.1, -0.05) is 31.9 Å². The highest BCUT2D eigenvalue weighted by molar-refractivity contribution is 5.89. The number of nitrogens with zero attached hydrogens (tertiary/aromatic N) is 1. The molecule has 6 nitrogen and oxygen atoms in total. The van der Waals surface area contributed by atoms with Crippen molar-refractivity contribution in [3.05, 3.63) is 35.4 Å². The normalized spacial score (nSPS) is 10.4. The smallest absolute Gasteiger partial charge is 0.337 e. The number of unbranched alkanes of at least 4 members (excludes halogenated alkanes) is 2. The molecule has 0 heterocycles.